The number of anilines is 1. The van der Waals surface area contributed by atoms with E-state index < -0.39 is 17.6 Å². The molecule has 7 heteroatoms. The molecule has 0 bridgehead atoms. The molecular weight excluding hydrogens is 283 g/mol. The lowest BCUT2D eigenvalue weighted by Gasteiger charge is -2.20. The average molecular weight is 297 g/mol. The molecule has 1 aromatic rings. The maximum Gasteiger partial charge on any atom is 0.416 e. The van der Waals surface area contributed by atoms with Crippen LogP contribution in [0.25, 0.3) is 0 Å². The van der Waals surface area contributed by atoms with Gasteiger partial charge in [-0.2, -0.15) is 18.4 Å². The van der Waals surface area contributed by atoms with Gasteiger partial charge in [0.1, 0.15) is 6.07 Å². The largest absolute Gasteiger partial charge is 0.416 e. The Kier molecular flexibility index (Phi) is 4.07. The molecule has 1 aromatic carbocycles. The number of benzene rings is 1. The van der Waals surface area contributed by atoms with Crippen LogP contribution in [0.5, 0.6) is 0 Å². The highest BCUT2D eigenvalue weighted by Crippen LogP contribution is 2.33. The third kappa shape index (κ3) is 3.27. The Morgan fingerprint density at radius 2 is 2.10 bits per heavy atom. The van der Waals surface area contributed by atoms with Crippen molar-refractivity contribution in [3.63, 3.8) is 0 Å². The predicted octanol–water partition coefficient (Wildman–Crippen LogP) is 2.64. The molecule has 1 fully saturated rings. The van der Waals surface area contributed by atoms with Crippen LogP contribution >= 0.6 is 0 Å². The SMILES string of the molecule is N#Cc1cc(C(F)(F)F)ccc1NC1CCCC1C(N)=O. The lowest BCUT2D eigenvalue weighted by Crippen LogP contribution is -2.34. The minimum absolute atomic E-state index is 0.0973. The summed E-state index contributed by atoms with van der Waals surface area (Å²) in [5.74, 6) is -0.797. The molecule has 0 aliphatic heterocycles. The van der Waals surface area contributed by atoms with Crippen molar-refractivity contribution in [1.82, 2.24) is 0 Å². The van der Waals surface area contributed by atoms with Crippen molar-refractivity contribution in [2.24, 2.45) is 11.7 Å². The quantitative estimate of drug-likeness (QED) is 0.900. The second-order valence-electron chi connectivity index (χ2n) is 5.06. The van der Waals surface area contributed by atoms with E-state index in [1.165, 1.54) is 6.07 Å². The summed E-state index contributed by atoms with van der Waals surface area (Å²) in [5.41, 5.74) is 4.63. The van der Waals surface area contributed by atoms with Gasteiger partial charge in [-0.1, -0.05) is 6.42 Å². The van der Waals surface area contributed by atoms with Gasteiger partial charge in [-0.05, 0) is 31.0 Å². The molecule has 1 aliphatic carbocycles. The Labute approximate surface area is 119 Å². The molecule has 3 N–H and O–H groups in total. The predicted molar refractivity (Wildman–Crippen MR) is 70.1 cm³/mol. The highest BCUT2D eigenvalue weighted by atomic mass is 19.4. The lowest BCUT2D eigenvalue weighted by atomic mass is 10.0. The third-order valence-electron chi connectivity index (χ3n) is 3.69. The lowest BCUT2D eigenvalue weighted by molar-refractivity contribution is -0.137. The van der Waals surface area contributed by atoms with Crippen molar-refractivity contribution in [1.29, 1.82) is 5.26 Å². The average Bonchev–Trinajstić information content (AvgIpc) is 2.86. The molecule has 4 nitrogen and oxygen atoms in total. The number of nitriles is 1. The van der Waals surface area contributed by atoms with E-state index in [9.17, 15) is 18.0 Å². The van der Waals surface area contributed by atoms with Crippen molar-refractivity contribution >= 4 is 11.6 Å². The van der Waals surface area contributed by atoms with Crippen LogP contribution in [0.2, 0.25) is 0 Å². The van der Waals surface area contributed by atoms with Crippen LogP contribution in [-0.2, 0) is 11.0 Å². The van der Waals surface area contributed by atoms with Gasteiger partial charge >= 0.3 is 6.18 Å². The number of carbonyl (C=O) groups is 1. The van der Waals surface area contributed by atoms with Gasteiger partial charge in [-0.25, -0.2) is 0 Å². The molecule has 1 amide bonds. The van der Waals surface area contributed by atoms with Crippen LogP contribution in [0.1, 0.15) is 30.4 Å². The minimum Gasteiger partial charge on any atom is -0.380 e. The topological polar surface area (TPSA) is 78.9 Å². The number of hydrogen-bond acceptors (Lipinski definition) is 3. The van der Waals surface area contributed by atoms with Crippen LogP contribution in [-0.4, -0.2) is 11.9 Å². The van der Waals surface area contributed by atoms with Crippen LogP contribution in [0.4, 0.5) is 18.9 Å². The first-order valence-electron chi connectivity index (χ1n) is 6.50. The van der Waals surface area contributed by atoms with Gasteiger partial charge in [0, 0.05) is 6.04 Å². The smallest absolute Gasteiger partial charge is 0.380 e. The third-order valence-corrected chi connectivity index (χ3v) is 3.69. The summed E-state index contributed by atoms with van der Waals surface area (Å²) in [5, 5.41) is 12.0. The maximum absolute atomic E-state index is 12.6. The summed E-state index contributed by atoms with van der Waals surface area (Å²) in [7, 11) is 0. The number of amides is 1. The van der Waals surface area contributed by atoms with Gasteiger partial charge in [0.15, 0.2) is 0 Å². The fourth-order valence-corrected chi connectivity index (χ4v) is 2.61. The van der Waals surface area contributed by atoms with Crippen molar-refractivity contribution in [2.75, 3.05) is 5.32 Å². The highest BCUT2D eigenvalue weighted by molar-refractivity contribution is 5.78. The number of alkyl halides is 3. The molecule has 0 spiro atoms. The Balaban J connectivity index is 2.25. The summed E-state index contributed by atoms with van der Waals surface area (Å²) >= 11 is 0. The molecule has 1 saturated carbocycles. The number of carbonyl (C=O) groups excluding carboxylic acids is 1. The molecule has 2 unspecified atom stereocenters. The van der Waals surface area contributed by atoms with Gasteiger partial charge in [-0.15, -0.1) is 0 Å². The Hall–Kier alpha value is -2.23. The first-order chi connectivity index (χ1) is 9.82. The first-order valence-corrected chi connectivity index (χ1v) is 6.50. The monoisotopic (exact) mass is 297 g/mol. The van der Waals surface area contributed by atoms with E-state index in [2.05, 4.69) is 5.32 Å². The molecule has 112 valence electrons. The second kappa shape index (κ2) is 5.64. The van der Waals surface area contributed by atoms with Gasteiger partial charge < -0.3 is 11.1 Å². The van der Waals surface area contributed by atoms with Gasteiger partial charge in [0.2, 0.25) is 5.91 Å². The Morgan fingerprint density at radius 1 is 1.38 bits per heavy atom. The summed E-state index contributed by atoms with van der Waals surface area (Å²) < 4.78 is 37.9. The molecule has 0 heterocycles. The van der Waals surface area contributed by atoms with E-state index in [0.717, 1.165) is 18.6 Å². The Morgan fingerprint density at radius 3 is 2.67 bits per heavy atom. The molecule has 0 saturated heterocycles. The number of rotatable bonds is 3. The van der Waals surface area contributed by atoms with Crippen LogP contribution in [0, 0.1) is 17.2 Å². The molecule has 21 heavy (non-hydrogen) atoms. The molecule has 0 aromatic heterocycles. The zero-order chi connectivity index (χ0) is 15.6. The Bertz CT molecular complexity index is 592. The van der Waals surface area contributed by atoms with Crippen molar-refractivity contribution < 1.29 is 18.0 Å². The van der Waals surface area contributed by atoms with Crippen LogP contribution in [0.15, 0.2) is 18.2 Å². The number of nitrogens with two attached hydrogens (primary N) is 1. The van der Waals surface area contributed by atoms with E-state index in [4.69, 9.17) is 11.0 Å². The number of hydrogen-bond donors (Lipinski definition) is 2. The molecule has 2 atom stereocenters. The zero-order valence-electron chi connectivity index (χ0n) is 11.1. The normalized spacial score (nSPS) is 21.8. The van der Waals surface area contributed by atoms with E-state index in [0.29, 0.717) is 18.5 Å². The zero-order valence-corrected chi connectivity index (χ0v) is 11.1. The summed E-state index contributed by atoms with van der Waals surface area (Å²) in [6.07, 6.45) is -2.34. The van der Waals surface area contributed by atoms with Crippen LogP contribution < -0.4 is 11.1 Å². The van der Waals surface area contributed by atoms with Crippen LogP contribution in [0.3, 0.4) is 0 Å². The summed E-state index contributed by atoms with van der Waals surface area (Å²) in [6, 6.07) is 4.44. The second-order valence-corrected chi connectivity index (χ2v) is 5.06. The number of primary amides is 1. The maximum atomic E-state index is 12.6. The first kappa shape index (κ1) is 15.2. The standard InChI is InChI=1S/C14H14F3N3O/c15-14(16,17)9-4-5-11(8(6-9)7-18)20-12-3-1-2-10(12)13(19)21/h4-6,10,12,20H,1-3H2,(H2,19,21). The molecule has 2 rings (SSSR count). The van der Waals surface area contributed by atoms with Crippen molar-refractivity contribution in [3.05, 3.63) is 29.3 Å². The molecule has 0 radical (unpaired) electrons. The van der Waals surface area contributed by atoms with Gasteiger partial charge in [0.05, 0.1) is 22.7 Å². The van der Waals surface area contributed by atoms with Gasteiger partial charge in [0.25, 0.3) is 0 Å². The van der Waals surface area contributed by atoms with Crippen molar-refractivity contribution in [2.45, 2.75) is 31.5 Å². The summed E-state index contributed by atoms with van der Waals surface area (Å²) in [6.45, 7) is 0. The van der Waals surface area contributed by atoms with E-state index in [-0.39, 0.29) is 17.5 Å². The molecule has 1 aliphatic rings. The van der Waals surface area contributed by atoms with E-state index in [1.807, 2.05) is 0 Å². The number of nitrogens with zero attached hydrogens (tertiary/aromatic N) is 1. The van der Waals surface area contributed by atoms with E-state index >= 15 is 0 Å². The van der Waals surface area contributed by atoms with E-state index in [1.54, 1.807) is 6.07 Å². The minimum atomic E-state index is -4.49. The fraction of sp³-hybridized carbons (Fsp3) is 0.429. The van der Waals surface area contributed by atoms with Crippen molar-refractivity contribution in [3.8, 4) is 6.07 Å². The fourth-order valence-electron chi connectivity index (χ4n) is 2.61. The highest BCUT2D eigenvalue weighted by Gasteiger charge is 2.33. The van der Waals surface area contributed by atoms with Gasteiger partial charge in [-0.3, -0.25) is 4.79 Å². The number of nitrogens with one attached hydrogen (secondary N) is 1. The summed E-state index contributed by atoms with van der Waals surface area (Å²) in [4.78, 5) is 11.3. The number of halogens is 3. The molecular formula is C14H14F3N3O.